The van der Waals surface area contributed by atoms with Crippen molar-refractivity contribution in [1.29, 1.82) is 0 Å². The number of nitro benzene ring substituents is 1. The van der Waals surface area contributed by atoms with Crippen molar-refractivity contribution in [1.82, 2.24) is 4.90 Å². The molecule has 0 radical (unpaired) electrons. The molecule has 1 aromatic rings. The summed E-state index contributed by atoms with van der Waals surface area (Å²) in [5.74, 6) is -1.16. The van der Waals surface area contributed by atoms with Crippen molar-refractivity contribution in [3.05, 3.63) is 39.4 Å². The lowest BCUT2D eigenvalue weighted by atomic mass is 10.1. The van der Waals surface area contributed by atoms with Crippen LogP contribution in [0.4, 0.5) is 5.69 Å². The molecular formula is C12H17ClN2O4. The van der Waals surface area contributed by atoms with E-state index in [2.05, 4.69) is 0 Å². The highest BCUT2D eigenvalue weighted by Crippen LogP contribution is 2.22. The van der Waals surface area contributed by atoms with Gasteiger partial charge in [-0.15, -0.1) is 12.4 Å². The number of carboxylic acid groups (broad SMARTS) is 1. The largest absolute Gasteiger partial charge is 0.478 e. The molecule has 0 amide bonds. The predicted molar refractivity (Wildman–Crippen MR) is 73.9 cm³/mol. The van der Waals surface area contributed by atoms with Gasteiger partial charge in [-0.1, -0.05) is 19.9 Å². The molecule has 0 atom stereocenters. The van der Waals surface area contributed by atoms with E-state index in [4.69, 9.17) is 5.11 Å². The van der Waals surface area contributed by atoms with E-state index in [0.717, 1.165) is 19.2 Å². The van der Waals surface area contributed by atoms with Crippen LogP contribution in [0.15, 0.2) is 18.2 Å². The van der Waals surface area contributed by atoms with Gasteiger partial charge in [0.2, 0.25) is 0 Å². The minimum atomic E-state index is -1.16. The lowest BCUT2D eigenvalue weighted by Crippen LogP contribution is -2.22. The number of carbonyl (C=O) groups is 1. The van der Waals surface area contributed by atoms with Gasteiger partial charge < -0.3 is 5.11 Å². The standard InChI is InChI=1S/C12H16N2O4.ClH/c1-3-13(4-2)8-10-6-5-9(12(15)16)7-11(10)14(17)18;/h5-7H,3-4,8H2,1-2H3,(H,15,16);1H. The van der Waals surface area contributed by atoms with Gasteiger partial charge >= 0.3 is 5.97 Å². The van der Waals surface area contributed by atoms with E-state index in [1.54, 1.807) is 0 Å². The number of rotatable bonds is 6. The number of nitro groups is 1. The van der Waals surface area contributed by atoms with Crippen LogP contribution in [0.25, 0.3) is 0 Å². The molecule has 19 heavy (non-hydrogen) atoms. The maximum Gasteiger partial charge on any atom is 0.335 e. The SMILES string of the molecule is CCN(CC)Cc1ccc(C(=O)O)cc1[N+](=O)[O-].Cl. The number of benzene rings is 1. The van der Waals surface area contributed by atoms with Gasteiger partial charge in [-0.25, -0.2) is 4.79 Å². The number of nitrogens with zero attached hydrogens (tertiary/aromatic N) is 2. The first-order chi connectivity index (χ1) is 8.49. The lowest BCUT2D eigenvalue weighted by Gasteiger charge is -2.17. The average molecular weight is 289 g/mol. The average Bonchev–Trinajstić information content (AvgIpc) is 2.35. The van der Waals surface area contributed by atoms with Gasteiger partial charge in [0.15, 0.2) is 0 Å². The second kappa shape index (κ2) is 7.70. The Morgan fingerprint density at radius 3 is 2.37 bits per heavy atom. The summed E-state index contributed by atoms with van der Waals surface area (Å²) in [7, 11) is 0. The third-order valence-corrected chi connectivity index (χ3v) is 2.82. The Kier molecular flexibility index (Phi) is 7.03. The van der Waals surface area contributed by atoms with E-state index < -0.39 is 10.9 Å². The summed E-state index contributed by atoms with van der Waals surface area (Å²) in [6.07, 6.45) is 0. The van der Waals surface area contributed by atoms with E-state index in [1.165, 1.54) is 12.1 Å². The Balaban J connectivity index is 0.00000324. The number of aromatic carboxylic acids is 1. The molecule has 7 heteroatoms. The second-order valence-electron chi connectivity index (χ2n) is 3.87. The Labute approximate surface area is 117 Å². The topological polar surface area (TPSA) is 83.7 Å². The third kappa shape index (κ3) is 4.50. The lowest BCUT2D eigenvalue weighted by molar-refractivity contribution is -0.385. The normalized spacial score (nSPS) is 10.1. The van der Waals surface area contributed by atoms with Crippen LogP contribution in [0.5, 0.6) is 0 Å². The van der Waals surface area contributed by atoms with Crippen LogP contribution in [0.3, 0.4) is 0 Å². The molecule has 0 aromatic heterocycles. The van der Waals surface area contributed by atoms with Gasteiger partial charge in [0.1, 0.15) is 0 Å². The van der Waals surface area contributed by atoms with Crippen molar-refractivity contribution in [2.24, 2.45) is 0 Å². The Morgan fingerprint density at radius 2 is 1.95 bits per heavy atom. The summed E-state index contributed by atoms with van der Waals surface area (Å²) in [4.78, 5) is 23.2. The van der Waals surface area contributed by atoms with Crippen LogP contribution in [-0.2, 0) is 6.54 Å². The smallest absolute Gasteiger partial charge is 0.335 e. The molecule has 0 aliphatic heterocycles. The maximum absolute atomic E-state index is 10.9. The summed E-state index contributed by atoms with van der Waals surface area (Å²) in [5.41, 5.74) is 0.334. The molecule has 6 nitrogen and oxygen atoms in total. The molecule has 0 saturated carbocycles. The third-order valence-electron chi connectivity index (χ3n) is 2.82. The molecule has 1 aromatic carbocycles. The first-order valence-corrected chi connectivity index (χ1v) is 5.72. The molecule has 0 heterocycles. The van der Waals surface area contributed by atoms with Crippen molar-refractivity contribution in [2.45, 2.75) is 20.4 Å². The summed E-state index contributed by atoms with van der Waals surface area (Å²) >= 11 is 0. The van der Waals surface area contributed by atoms with Crippen molar-refractivity contribution in [3.8, 4) is 0 Å². The molecule has 0 aliphatic rings. The van der Waals surface area contributed by atoms with Gasteiger partial charge in [-0.2, -0.15) is 0 Å². The fourth-order valence-corrected chi connectivity index (χ4v) is 1.69. The van der Waals surface area contributed by atoms with Crippen LogP contribution in [-0.4, -0.2) is 34.0 Å². The first-order valence-electron chi connectivity index (χ1n) is 5.72. The zero-order chi connectivity index (χ0) is 13.7. The number of hydrogen-bond acceptors (Lipinski definition) is 4. The number of halogens is 1. The monoisotopic (exact) mass is 288 g/mol. The highest BCUT2D eigenvalue weighted by molar-refractivity contribution is 5.88. The van der Waals surface area contributed by atoms with Crippen LogP contribution in [0.2, 0.25) is 0 Å². The highest BCUT2D eigenvalue weighted by Gasteiger charge is 2.18. The molecule has 1 N–H and O–H groups in total. The molecule has 0 aliphatic carbocycles. The molecule has 0 spiro atoms. The van der Waals surface area contributed by atoms with E-state index in [9.17, 15) is 14.9 Å². The van der Waals surface area contributed by atoms with Crippen molar-refractivity contribution >= 4 is 24.1 Å². The van der Waals surface area contributed by atoms with Crippen molar-refractivity contribution in [2.75, 3.05) is 13.1 Å². The Hall–Kier alpha value is -1.66. The van der Waals surface area contributed by atoms with Gasteiger partial charge in [0.25, 0.3) is 5.69 Å². The van der Waals surface area contributed by atoms with E-state index in [0.29, 0.717) is 12.1 Å². The van der Waals surface area contributed by atoms with Gasteiger partial charge in [0, 0.05) is 18.2 Å². The zero-order valence-corrected chi connectivity index (χ0v) is 11.6. The Morgan fingerprint density at radius 1 is 1.37 bits per heavy atom. The summed E-state index contributed by atoms with van der Waals surface area (Å²) in [6, 6.07) is 4.02. The predicted octanol–water partition coefficient (Wildman–Crippen LogP) is 2.56. The Bertz CT molecular complexity index is 461. The maximum atomic E-state index is 10.9. The summed E-state index contributed by atoms with van der Waals surface area (Å²) in [5, 5.41) is 19.8. The van der Waals surface area contributed by atoms with Crippen molar-refractivity contribution in [3.63, 3.8) is 0 Å². The molecule has 0 unspecified atom stereocenters. The fourth-order valence-electron chi connectivity index (χ4n) is 1.69. The first kappa shape index (κ1) is 17.3. The quantitative estimate of drug-likeness (QED) is 0.642. The zero-order valence-electron chi connectivity index (χ0n) is 10.8. The molecule has 0 fully saturated rings. The highest BCUT2D eigenvalue weighted by atomic mass is 35.5. The van der Waals surface area contributed by atoms with Crippen LogP contribution >= 0.6 is 12.4 Å². The van der Waals surface area contributed by atoms with Crippen LogP contribution < -0.4 is 0 Å². The van der Waals surface area contributed by atoms with E-state index in [-0.39, 0.29) is 23.7 Å². The van der Waals surface area contributed by atoms with Gasteiger partial charge in [-0.3, -0.25) is 15.0 Å². The van der Waals surface area contributed by atoms with Crippen LogP contribution in [0.1, 0.15) is 29.8 Å². The number of hydrogen-bond donors (Lipinski definition) is 1. The second-order valence-corrected chi connectivity index (χ2v) is 3.87. The summed E-state index contributed by atoms with van der Waals surface area (Å²) < 4.78 is 0. The van der Waals surface area contributed by atoms with E-state index >= 15 is 0 Å². The molecule has 106 valence electrons. The minimum Gasteiger partial charge on any atom is -0.478 e. The van der Waals surface area contributed by atoms with Crippen LogP contribution in [0, 0.1) is 10.1 Å². The molecule has 0 bridgehead atoms. The fraction of sp³-hybridized carbons (Fsp3) is 0.417. The number of carboxylic acids is 1. The van der Waals surface area contributed by atoms with Gasteiger partial charge in [-0.05, 0) is 19.2 Å². The van der Waals surface area contributed by atoms with Crippen molar-refractivity contribution < 1.29 is 14.8 Å². The minimum absolute atomic E-state index is 0. The van der Waals surface area contributed by atoms with Gasteiger partial charge in [0.05, 0.1) is 10.5 Å². The molecular weight excluding hydrogens is 272 g/mol. The summed E-state index contributed by atoms with van der Waals surface area (Å²) in [6.45, 7) is 5.97. The molecule has 1 rings (SSSR count). The molecule has 0 saturated heterocycles. The van der Waals surface area contributed by atoms with E-state index in [1.807, 2.05) is 18.7 Å².